The van der Waals surface area contributed by atoms with Crippen LogP contribution in [0.5, 0.6) is 40.2 Å². The van der Waals surface area contributed by atoms with Gasteiger partial charge in [0.25, 0.3) is 0 Å². The lowest BCUT2D eigenvalue weighted by Crippen LogP contribution is -2.61. The van der Waals surface area contributed by atoms with Crippen LogP contribution in [0.3, 0.4) is 0 Å². The van der Waals surface area contributed by atoms with E-state index in [0.29, 0.717) is 11.1 Å². The number of aliphatic hydroxyl groups is 12. The molecule has 3 aromatic carbocycles. The Morgan fingerprint density at radius 1 is 0.483 bits per heavy atom. The first kappa shape index (κ1) is 63.9. The van der Waals surface area contributed by atoms with Crippen LogP contribution in [-0.4, -0.2) is 236 Å². The molecular weight excluding hydrogens is 1160 g/mol. The molecule has 16 N–H and O–H groups in total. The van der Waals surface area contributed by atoms with E-state index in [9.17, 15) is 96.1 Å². The molecule has 470 valence electrons. The van der Waals surface area contributed by atoms with Gasteiger partial charge in [-0.2, -0.15) is 0 Å². The van der Waals surface area contributed by atoms with Gasteiger partial charge in [-0.05, 0) is 72.7 Å². The van der Waals surface area contributed by atoms with E-state index in [2.05, 4.69) is 0 Å². The molecule has 4 saturated heterocycles. The van der Waals surface area contributed by atoms with Crippen molar-refractivity contribution in [1.29, 1.82) is 0 Å². The number of phenolic OH excluding ortho intramolecular Hbond substituents is 4. The number of aliphatic hydroxyl groups excluding tert-OH is 12. The fourth-order valence-electron chi connectivity index (χ4n) is 9.44. The van der Waals surface area contributed by atoms with E-state index in [1.165, 1.54) is 67.6 Å². The zero-order chi connectivity index (χ0) is 62.7. The predicted octanol–water partition coefficient (Wildman–Crippen LogP) is -2.85. The number of fused-ring (bicyclic) bond motifs is 1. The first-order chi connectivity index (χ1) is 41.3. The smallest absolute Gasteiger partial charge is 0.330 e. The second-order valence-corrected chi connectivity index (χ2v) is 20.6. The van der Waals surface area contributed by atoms with Crippen LogP contribution in [0.15, 0.2) is 100 Å². The summed E-state index contributed by atoms with van der Waals surface area (Å²) in [6.07, 6.45) is -31.8. The molecule has 5 heterocycles. The van der Waals surface area contributed by atoms with Crippen molar-refractivity contribution in [3.8, 4) is 62.9 Å². The number of aromatic hydroxyl groups is 4. The van der Waals surface area contributed by atoms with Crippen molar-refractivity contribution in [2.24, 2.45) is 0 Å². The Balaban J connectivity index is 1.01. The van der Waals surface area contributed by atoms with E-state index in [1.807, 2.05) is 0 Å². The molecule has 0 aromatic heterocycles. The molecule has 87 heavy (non-hydrogen) atoms. The van der Waals surface area contributed by atoms with Crippen molar-refractivity contribution in [3.63, 3.8) is 0 Å². The minimum Gasteiger partial charge on any atom is -0.508 e. The SMILES string of the molecule is C[C@@H]1O[C@@H](OC[C@H]2O[C@@H](Oc3cc4c(=O)cc(O[C@@H]5O[C@H](COC(=O)C=Cc6ccc(O)cc6)[C@@H](O)[C@H](O)[C@H]5O)cc-4oc3-c3cc(O)c(O)c(O[C@@H]4O[C@H](COC(=O)C=Cc5ccc(O)cc5)[C@@H](O)[C@H](O)[C@H]4O)c3)[C@H](O)[C@@H](O)[C@@H]2O)[C@H](O)[C@H](O)[C@H]1O. The third-order valence-electron chi connectivity index (χ3n) is 14.5. The van der Waals surface area contributed by atoms with Gasteiger partial charge in [0.1, 0.15) is 128 Å². The number of hydrogen-bond donors (Lipinski definition) is 16. The number of ether oxygens (including phenoxy) is 10. The zero-order valence-corrected chi connectivity index (χ0v) is 45.4. The molecule has 0 bridgehead atoms. The van der Waals surface area contributed by atoms with Crippen LogP contribution in [0.1, 0.15) is 18.1 Å². The highest BCUT2D eigenvalue weighted by Gasteiger charge is 2.50. The molecular formula is C57H62O30. The van der Waals surface area contributed by atoms with Crippen molar-refractivity contribution in [2.75, 3.05) is 19.8 Å². The number of carbonyl (C=O) groups is 2. The van der Waals surface area contributed by atoms with E-state index in [4.69, 9.17) is 51.8 Å². The molecule has 30 nitrogen and oxygen atoms in total. The topological polar surface area (TPSA) is 480 Å². The van der Waals surface area contributed by atoms with Gasteiger partial charge in [0.15, 0.2) is 34.7 Å². The normalized spacial score (nSPS) is 32.9. The number of hydrogen-bond acceptors (Lipinski definition) is 30. The summed E-state index contributed by atoms with van der Waals surface area (Å²) in [4.78, 5) is 39.3. The lowest BCUT2D eigenvalue weighted by Gasteiger charge is -2.42. The van der Waals surface area contributed by atoms with Crippen molar-refractivity contribution >= 4 is 24.1 Å². The summed E-state index contributed by atoms with van der Waals surface area (Å²) in [6.45, 7) is -0.797. The molecule has 0 radical (unpaired) electrons. The number of carbonyl (C=O) groups excluding carboxylic acids is 2. The lowest BCUT2D eigenvalue weighted by atomic mass is 9.98. The standard InChI is InChI=1S/C57H62O30/c1-22-40(64)45(69)49(73)54(80-22)79-21-37-44(68)48(72)52(76)57(87-37)84-34-18-29-30(60)16-28(81-55-50(74)46(70)42(66)35(85-55)19-77-38(62)12-6-23-2-8-26(58)9-3-23)17-32(29)82-53(34)25-14-31(61)41(65)33(15-25)83-56-51(75)47(71)43(67)36(86-56)20-78-39(63)13-7-24-4-10-27(59)11-5-24/h2-18,22,35-37,40,42-52,54-59,61,64-76H,19-21H2,1H3/t22-,35+,36+,37+,40-,42+,43+,44+,45+,46-,47-,48-,49+,50+,51+,52+,54+,55+,56+,57+/m0/s1. The summed E-state index contributed by atoms with van der Waals surface area (Å²) in [5, 5.41) is 171. The molecule has 4 fully saturated rings. The van der Waals surface area contributed by atoms with Gasteiger partial charge in [-0.3, -0.25) is 4.79 Å². The average Bonchev–Trinajstić information content (AvgIpc) is 1.05. The Kier molecular flexibility index (Phi) is 20.0. The maximum absolute atomic E-state index is 14.1. The van der Waals surface area contributed by atoms with Crippen molar-refractivity contribution in [2.45, 2.75) is 130 Å². The predicted molar refractivity (Wildman–Crippen MR) is 287 cm³/mol. The highest BCUT2D eigenvalue weighted by molar-refractivity contribution is 5.87. The summed E-state index contributed by atoms with van der Waals surface area (Å²) >= 11 is 0. The first-order valence-corrected chi connectivity index (χ1v) is 26.7. The van der Waals surface area contributed by atoms with Gasteiger partial charge in [-0.15, -0.1) is 0 Å². The van der Waals surface area contributed by atoms with Crippen molar-refractivity contribution in [3.05, 3.63) is 112 Å². The Hall–Kier alpha value is -7.57. The first-order valence-electron chi connectivity index (χ1n) is 26.7. The number of benzene rings is 4. The second kappa shape index (κ2) is 27.2. The van der Waals surface area contributed by atoms with Gasteiger partial charge in [-0.25, -0.2) is 9.59 Å². The molecule has 3 aromatic rings. The van der Waals surface area contributed by atoms with Crippen LogP contribution in [0.25, 0.3) is 34.8 Å². The van der Waals surface area contributed by atoms with E-state index in [-0.39, 0.29) is 22.6 Å². The van der Waals surface area contributed by atoms with Gasteiger partial charge in [0, 0.05) is 29.8 Å². The molecule has 0 unspecified atom stereocenters. The summed E-state index contributed by atoms with van der Waals surface area (Å²) < 4.78 is 62.6. The minimum atomic E-state index is -2.14. The van der Waals surface area contributed by atoms with Crippen LogP contribution in [0.4, 0.5) is 0 Å². The van der Waals surface area contributed by atoms with Gasteiger partial charge in [0.2, 0.25) is 24.6 Å². The highest BCUT2D eigenvalue weighted by atomic mass is 16.7. The zero-order valence-electron chi connectivity index (χ0n) is 45.4. The van der Waals surface area contributed by atoms with E-state index in [1.54, 1.807) is 0 Å². The minimum absolute atomic E-state index is 0.0129. The van der Waals surface area contributed by atoms with E-state index >= 15 is 0 Å². The molecule has 20 atom stereocenters. The van der Waals surface area contributed by atoms with Crippen molar-refractivity contribution in [1.82, 2.24) is 0 Å². The largest absolute Gasteiger partial charge is 0.508 e. The fourth-order valence-corrected chi connectivity index (χ4v) is 9.44. The molecule has 0 amide bonds. The molecule has 9 rings (SSSR count). The van der Waals surface area contributed by atoms with Gasteiger partial charge < -0.3 is 133 Å². The quantitative estimate of drug-likeness (QED) is 0.0239. The van der Waals surface area contributed by atoms with Crippen molar-refractivity contribution < 1.29 is 143 Å². The highest BCUT2D eigenvalue weighted by Crippen LogP contribution is 2.46. The molecule has 1 aliphatic carbocycles. The second-order valence-electron chi connectivity index (χ2n) is 20.6. The van der Waals surface area contributed by atoms with E-state index in [0.717, 1.165) is 42.5 Å². The number of rotatable bonds is 18. The number of esters is 2. The van der Waals surface area contributed by atoms with Crippen LogP contribution in [0.2, 0.25) is 0 Å². The van der Waals surface area contributed by atoms with E-state index < -0.39 is 200 Å². The van der Waals surface area contributed by atoms with Crippen LogP contribution in [-0.2, 0) is 42.7 Å². The Labute approximate surface area is 490 Å². The molecule has 0 spiro atoms. The van der Waals surface area contributed by atoms with Gasteiger partial charge >= 0.3 is 11.9 Å². The van der Waals surface area contributed by atoms with Crippen LogP contribution < -0.4 is 19.6 Å². The maximum Gasteiger partial charge on any atom is 0.330 e. The Morgan fingerprint density at radius 2 is 0.931 bits per heavy atom. The molecule has 30 heteroatoms. The summed E-state index contributed by atoms with van der Waals surface area (Å²) in [7, 11) is 0. The summed E-state index contributed by atoms with van der Waals surface area (Å²) in [5.41, 5.74) is -0.638. The van der Waals surface area contributed by atoms with Gasteiger partial charge in [-0.1, -0.05) is 24.3 Å². The monoisotopic (exact) mass is 1230 g/mol. The fraction of sp³-hybridized carbons (Fsp3) is 0.421. The Morgan fingerprint density at radius 3 is 1.44 bits per heavy atom. The molecule has 0 saturated carbocycles. The third kappa shape index (κ3) is 14.6. The molecule has 6 aliphatic rings. The Bertz CT molecular complexity index is 3260. The third-order valence-corrected chi connectivity index (χ3v) is 14.5. The molecule has 5 aliphatic heterocycles. The maximum atomic E-state index is 14.1. The van der Waals surface area contributed by atoms with Gasteiger partial charge in [0.05, 0.1) is 18.3 Å². The van der Waals surface area contributed by atoms with Crippen LogP contribution >= 0.6 is 0 Å². The summed E-state index contributed by atoms with van der Waals surface area (Å²) in [5.74, 6) is -6.68. The summed E-state index contributed by atoms with van der Waals surface area (Å²) in [6, 6.07) is 16.3. The lowest BCUT2D eigenvalue weighted by molar-refractivity contribution is -0.318. The van der Waals surface area contributed by atoms with Crippen LogP contribution in [0, 0.1) is 0 Å². The number of phenols is 4. The average molecular weight is 1230 g/mol.